The first-order valence-electron chi connectivity index (χ1n) is 6.69. The molecule has 1 aromatic rings. The maximum absolute atomic E-state index is 9.59. The summed E-state index contributed by atoms with van der Waals surface area (Å²) in [4.78, 5) is 2.43. The van der Waals surface area contributed by atoms with Crippen LogP contribution in [0.3, 0.4) is 0 Å². The Morgan fingerprint density at radius 1 is 1.50 bits per heavy atom. The van der Waals surface area contributed by atoms with E-state index < -0.39 is 0 Å². The summed E-state index contributed by atoms with van der Waals surface area (Å²) >= 11 is 5.84. The molecule has 1 atom stereocenters. The molecule has 1 N–H and O–H groups in total. The quantitative estimate of drug-likeness (QED) is 0.891. The molecule has 1 aliphatic rings. The molecule has 0 aliphatic carbocycles. The first-order valence-corrected chi connectivity index (χ1v) is 7.06. The molecular weight excluding hydrogens is 250 g/mol. The summed E-state index contributed by atoms with van der Waals surface area (Å²) in [6.45, 7) is 6.42. The van der Waals surface area contributed by atoms with Crippen molar-refractivity contribution in [3.8, 4) is 0 Å². The summed E-state index contributed by atoms with van der Waals surface area (Å²) in [5.74, 6) is 0. The second-order valence-electron chi connectivity index (χ2n) is 5.31. The molecule has 0 spiro atoms. The molecule has 18 heavy (non-hydrogen) atoms. The van der Waals surface area contributed by atoms with E-state index in [9.17, 15) is 5.11 Å². The van der Waals surface area contributed by atoms with Gasteiger partial charge in [0.05, 0.1) is 17.8 Å². The Hall–Kier alpha value is -0.580. The molecule has 2 rings (SSSR count). The zero-order valence-electron chi connectivity index (χ0n) is 11.0. The Labute approximate surface area is 114 Å². The SMILES string of the molecule is CCC1(CO)CCCN(CCn2cc(Cl)cn2)C1. The Balaban J connectivity index is 1.86. The highest BCUT2D eigenvalue weighted by Gasteiger charge is 2.32. The molecule has 1 saturated heterocycles. The largest absolute Gasteiger partial charge is 0.396 e. The van der Waals surface area contributed by atoms with Crippen molar-refractivity contribution in [2.75, 3.05) is 26.2 Å². The Morgan fingerprint density at radius 2 is 2.33 bits per heavy atom. The summed E-state index contributed by atoms with van der Waals surface area (Å²) in [6, 6.07) is 0. The fourth-order valence-electron chi connectivity index (χ4n) is 2.73. The summed E-state index contributed by atoms with van der Waals surface area (Å²) in [7, 11) is 0. The Morgan fingerprint density at radius 3 is 2.94 bits per heavy atom. The number of halogens is 1. The lowest BCUT2D eigenvalue weighted by molar-refractivity contribution is 0.0276. The van der Waals surface area contributed by atoms with Crippen LogP contribution in [0.25, 0.3) is 0 Å². The Kier molecular flexibility index (Phi) is 4.65. The van der Waals surface area contributed by atoms with E-state index in [1.165, 1.54) is 6.42 Å². The number of nitrogens with zero attached hydrogens (tertiary/aromatic N) is 3. The van der Waals surface area contributed by atoms with Crippen molar-refractivity contribution >= 4 is 11.6 Å². The van der Waals surface area contributed by atoms with Gasteiger partial charge in [0, 0.05) is 31.3 Å². The van der Waals surface area contributed by atoms with E-state index in [0.717, 1.165) is 39.0 Å². The molecule has 0 radical (unpaired) electrons. The molecule has 102 valence electrons. The van der Waals surface area contributed by atoms with E-state index >= 15 is 0 Å². The molecule has 1 fully saturated rings. The fourth-order valence-corrected chi connectivity index (χ4v) is 2.89. The van der Waals surface area contributed by atoms with E-state index in [2.05, 4.69) is 16.9 Å². The van der Waals surface area contributed by atoms with Crippen molar-refractivity contribution in [1.29, 1.82) is 0 Å². The molecule has 0 saturated carbocycles. The molecule has 0 amide bonds. The van der Waals surface area contributed by atoms with Gasteiger partial charge in [0.1, 0.15) is 0 Å². The predicted octanol–water partition coefficient (Wildman–Crippen LogP) is 2.02. The van der Waals surface area contributed by atoms with Crippen molar-refractivity contribution in [2.24, 2.45) is 5.41 Å². The highest BCUT2D eigenvalue weighted by atomic mass is 35.5. The maximum atomic E-state index is 9.59. The minimum absolute atomic E-state index is 0.111. The van der Waals surface area contributed by atoms with Crippen LogP contribution in [-0.2, 0) is 6.54 Å². The maximum Gasteiger partial charge on any atom is 0.0785 e. The lowest BCUT2D eigenvalue weighted by atomic mass is 9.78. The minimum Gasteiger partial charge on any atom is -0.396 e. The molecular formula is C13H22ClN3O. The smallest absolute Gasteiger partial charge is 0.0785 e. The summed E-state index contributed by atoms with van der Waals surface area (Å²) in [5, 5.41) is 14.5. The molecule has 0 aromatic carbocycles. The van der Waals surface area contributed by atoms with E-state index in [-0.39, 0.29) is 5.41 Å². The van der Waals surface area contributed by atoms with Crippen LogP contribution in [-0.4, -0.2) is 46.0 Å². The monoisotopic (exact) mass is 271 g/mol. The second-order valence-corrected chi connectivity index (χ2v) is 5.75. The van der Waals surface area contributed by atoms with Crippen molar-refractivity contribution < 1.29 is 5.11 Å². The molecule has 4 nitrogen and oxygen atoms in total. The van der Waals surface area contributed by atoms with E-state index in [0.29, 0.717) is 11.6 Å². The average Bonchev–Trinajstić information content (AvgIpc) is 2.82. The number of hydrogen-bond acceptors (Lipinski definition) is 3. The van der Waals surface area contributed by atoms with Gasteiger partial charge in [0.15, 0.2) is 0 Å². The van der Waals surface area contributed by atoms with Crippen molar-refractivity contribution in [2.45, 2.75) is 32.7 Å². The summed E-state index contributed by atoms with van der Waals surface area (Å²) in [6.07, 6.45) is 6.89. The lowest BCUT2D eigenvalue weighted by Crippen LogP contribution is -2.46. The number of aromatic nitrogens is 2. The van der Waals surface area contributed by atoms with Crippen LogP contribution in [0.15, 0.2) is 12.4 Å². The fraction of sp³-hybridized carbons (Fsp3) is 0.769. The van der Waals surface area contributed by atoms with Gasteiger partial charge >= 0.3 is 0 Å². The first-order chi connectivity index (χ1) is 8.67. The third kappa shape index (κ3) is 3.25. The first kappa shape index (κ1) is 13.8. The van der Waals surface area contributed by atoms with Crippen LogP contribution in [0, 0.1) is 5.41 Å². The van der Waals surface area contributed by atoms with E-state index in [1.54, 1.807) is 6.20 Å². The number of piperidine rings is 1. The second kappa shape index (κ2) is 6.04. The van der Waals surface area contributed by atoms with Crippen LogP contribution in [0.2, 0.25) is 5.02 Å². The lowest BCUT2D eigenvalue weighted by Gasteiger charge is -2.41. The van der Waals surface area contributed by atoms with Crippen molar-refractivity contribution in [3.63, 3.8) is 0 Å². The zero-order chi connectivity index (χ0) is 13.0. The molecule has 1 aromatic heterocycles. The van der Waals surface area contributed by atoms with E-state index in [1.807, 2.05) is 10.9 Å². The molecule has 1 aliphatic heterocycles. The van der Waals surface area contributed by atoms with Crippen LogP contribution >= 0.6 is 11.6 Å². The third-order valence-electron chi connectivity index (χ3n) is 4.07. The van der Waals surface area contributed by atoms with Gasteiger partial charge < -0.3 is 10.0 Å². The van der Waals surface area contributed by atoms with Gasteiger partial charge in [-0.15, -0.1) is 0 Å². The highest BCUT2D eigenvalue weighted by molar-refractivity contribution is 6.30. The van der Waals surface area contributed by atoms with Gasteiger partial charge in [-0.1, -0.05) is 18.5 Å². The van der Waals surface area contributed by atoms with E-state index in [4.69, 9.17) is 11.6 Å². The minimum atomic E-state index is 0.111. The highest BCUT2D eigenvalue weighted by Crippen LogP contribution is 2.32. The molecule has 1 unspecified atom stereocenters. The normalized spacial score (nSPS) is 25.5. The average molecular weight is 272 g/mol. The van der Waals surface area contributed by atoms with Gasteiger partial charge in [-0.2, -0.15) is 5.10 Å². The number of aliphatic hydroxyl groups is 1. The number of likely N-dealkylation sites (tertiary alicyclic amines) is 1. The zero-order valence-corrected chi connectivity index (χ0v) is 11.7. The number of hydrogen-bond donors (Lipinski definition) is 1. The van der Waals surface area contributed by atoms with Crippen molar-refractivity contribution in [3.05, 3.63) is 17.4 Å². The number of aliphatic hydroxyl groups excluding tert-OH is 1. The number of rotatable bonds is 5. The van der Waals surface area contributed by atoms with Gasteiger partial charge in [-0.05, 0) is 25.8 Å². The van der Waals surface area contributed by atoms with Crippen molar-refractivity contribution in [1.82, 2.24) is 14.7 Å². The molecule has 5 heteroatoms. The Bertz CT molecular complexity index is 376. The molecule has 2 heterocycles. The van der Waals surface area contributed by atoms with Crippen LogP contribution in [0.5, 0.6) is 0 Å². The van der Waals surface area contributed by atoms with Crippen LogP contribution < -0.4 is 0 Å². The van der Waals surface area contributed by atoms with Crippen LogP contribution in [0.1, 0.15) is 26.2 Å². The summed E-state index contributed by atoms with van der Waals surface area (Å²) in [5.41, 5.74) is 0.111. The summed E-state index contributed by atoms with van der Waals surface area (Å²) < 4.78 is 1.88. The molecule has 0 bridgehead atoms. The third-order valence-corrected chi connectivity index (χ3v) is 4.27. The van der Waals surface area contributed by atoms with Crippen LogP contribution in [0.4, 0.5) is 0 Å². The topological polar surface area (TPSA) is 41.3 Å². The van der Waals surface area contributed by atoms with Gasteiger partial charge in [0.2, 0.25) is 0 Å². The van der Waals surface area contributed by atoms with Gasteiger partial charge in [-0.3, -0.25) is 4.68 Å². The predicted molar refractivity (Wildman–Crippen MR) is 72.7 cm³/mol. The van der Waals surface area contributed by atoms with Gasteiger partial charge in [0.25, 0.3) is 0 Å². The standard InChI is InChI=1S/C13H22ClN3O/c1-2-13(11-18)4-3-5-16(10-13)6-7-17-9-12(14)8-15-17/h8-9,18H,2-7,10-11H2,1H3. The van der Waals surface area contributed by atoms with Gasteiger partial charge in [-0.25, -0.2) is 0 Å².